The third-order valence-corrected chi connectivity index (χ3v) is 4.24. The number of piperidine rings is 1. The Labute approximate surface area is 102 Å². The van der Waals surface area contributed by atoms with Gasteiger partial charge in [0.2, 0.25) is 0 Å². The zero-order chi connectivity index (χ0) is 11.1. The van der Waals surface area contributed by atoms with Crippen LogP contribution in [0.4, 0.5) is 5.69 Å². The molecule has 0 aliphatic carbocycles. The SMILES string of the molecule is CN1CCC2c3cccc(Cl)c3NCC2C1. The van der Waals surface area contributed by atoms with Crippen LogP contribution in [-0.2, 0) is 0 Å². The highest BCUT2D eigenvalue weighted by molar-refractivity contribution is 6.33. The molecule has 3 rings (SSSR count). The number of hydrogen-bond donors (Lipinski definition) is 1. The Bertz CT molecular complexity index is 405. The summed E-state index contributed by atoms with van der Waals surface area (Å²) in [4.78, 5) is 2.43. The van der Waals surface area contributed by atoms with Gasteiger partial charge in [-0.05, 0) is 43.5 Å². The Hall–Kier alpha value is -0.730. The fourth-order valence-electron chi connectivity index (χ4n) is 3.10. The van der Waals surface area contributed by atoms with Crippen molar-refractivity contribution in [1.29, 1.82) is 0 Å². The molecule has 2 aliphatic heterocycles. The second kappa shape index (κ2) is 3.94. The first-order valence-electron chi connectivity index (χ1n) is 5.96. The molecule has 2 aliphatic rings. The quantitative estimate of drug-likeness (QED) is 0.745. The molecular formula is C13H17ClN2. The molecule has 2 unspecified atom stereocenters. The van der Waals surface area contributed by atoms with Gasteiger partial charge in [-0.2, -0.15) is 0 Å². The molecule has 0 aromatic heterocycles. The number of nitrogens with zero attached hydrogens (tertiary/aromatic N) is 1. The molecule has 0 saturated carbocycles. The maximum absolute atomic E-state index is 6.23. The molecule has 2 atom stereocenters. The van der Waals surface area contributed by atoms with Crippen molar-refractivity contribution >= 4 is 17.3 Å². The van der Waals surface area contributed by atoms with Gasteiger partial charge in [-0.25, -0.2) is 0 Å². The lowest BCUT2D eigenvalue weighted by molar-refractivity contribution is 0.188. The molecule has 1 N–H and O–H groups in total. The Morgan fingerprint density at radius 3 is 3.19 bits per heavy atom. The van der Waals surface area contributed by atoms with Crippen LogP contribution in [0.5, 0.6) is 0 Å². The zero-order valence-electron chi connectivity index (χ0n) is 9.54. The van der Waals surface area contributed by atoms with Crippen molar-refractivity contribution in [3.8, 4) is 0 Å². The van der Waals surface area contributed by atoms with Crippen molar-refractivity contribution in [2.24, 2.45) is 5.92 Å². The van der Waals surface area contributed by atoms with Gasteiger partial charge in [0, 0.05) is 13.1 Å². The minimum atomic E-state index is 0.700. The molecule has 16 heavy (non-hydrogen) atoms. The first kappa shape index (κ1) is 10.4. The predicted octanol–water partition coefficient (Wildman–Crippen LogP) is 2.80. The number of halogens is 1. The lowest BCUT2D eigenvalue weighted by Crippen LogP contribution is -2.42. The van der Waals surface area contributed by atoms with E-state index >= 15 is 0 Å². The lowest BCUT2D eigenvalue weighted by Gasteiger charge is -2.41. The van der Waals surface area contributed by atoms with E-state index in [1.807, 2.05) is 6.07 Å². The molecule has 2 nitrogen and oxygen atoms in total. The number of fused-ring (bicyclic) bond motifs is 3. The molecule has 3 heteroatoms. The van der Waals surface area contributed by atoms with Crippen LogP contribution >= 0.6 is 11.6 Å². The van der Waals surface area contributed by atoms with E-state index in [4.69, 9.17) is 11.6 Å². The Morgan fingerprint density at radius 1 is 1.44 bits per heavy atom. The largest absolute Gasteiger partial charge is 0.383 e. The Balaban J connectivity index is 1.97. The highest BCUT2D eigenvalue weighted by Crippen LogP contribution is 2.42. The third kappa shape index (κ3) is 1.61. The molecule has 0 amide bonds. The van der Waals surface area contributed by atoms with Crippen LogP contribution in [-0.4, -0.2) is 31.6 Å². The standard InChI is InChI=1S/C13H17ClN2/c1-16-6-5-10-9(8-16)7-15-13-11(10)3-2-4-12(13)14/h2-4,9-10,15H,5-8H2,1H3. The molecule has 86 valence electrons. The van der Waals surface area contributed by atoms with E-state index in [0.29, 0.717) is 5.92 Å². The van der Waals surface area contributed by atoms with E-state index in [9.17, 15) is 0 Å². The highest BCUT2D eigenvalue weighted by atomic mass is 35.5. The van der Waals surface area contributed by atoms with Crippen LogP contribution in [0, 0.1) is 5.92 Å². The number of likely N-dealkylation sites (tertiary alicyclic amines) is 1. The lowest BCUT2D eigenvalue weighted by atomic mass is 9.77. The summed E-state index contributed by atoms with van der Waals surface area (Å²) in [5.74, 6) is 1.44. The summed E-state index contributed by atoms with van der Waals surface area (Å²) < 4.78 is 0. The monoisotopic (exact) mass is 236 g/mol. The molecule has 0 bridgehead atoms. The van der Waals surface area contributed by atoms with Gasteiger partial charge in [-0.15, -0.1) is 0 Å². The Morgan fingerprint density at radius 2 is 2.31 bits per heavy atom. The minimum Gasteiger partial charge on any atom is -0.383 e. The zero-order valence-corrected chi connectivity index (χ0v) is 10.3. The van der Waals surface area contributed by atoms with E-state index in [0.717, 1.165) is 17.5 Å². The van der Waals surface area contributed by atoms with Gasteiger partial charge in [0.15, 0.2) is 0 Å². The molecule has 1 aromatic carbocycles. The molecular weight excluding hydrogens is 220 g/mol. The molecule has 0 spiro atoms. The molecule has 1 aromatic rings. The fourth-order valence-corrected chi connectivity index (χ4v) is 3.35. The average molecular weight is 237 g/mol. The summed E-state index contributed by atoms with van der Waals surface area (Å²) in [6, 6.07) is 6.28. The first-order valence-corrected chi connectivity index (χ1v) is 6.34. The third-order valence-electron chi connectivity index (χ3n) is 3.92. The molecule has 2 heterocycles. The summed E-state index contributed by atoms with van der Waals surface area (Å²) in [5, 5.41) is 4.36. The van der Waals surface area contributed by atoms with Gasteiger partial charge in [0.1, 0.15) is 0 Å². The minimum absolute atomic E-state index is 0.700. The van der Waals surface area contributed by atoms with Crippen molar-refractivity contribution in [2.45, 2.75) is 12.3 Å². The molecule has 1 saturated heterocycles. The Kier molecular flexibility index (Phi) is 2.56. The first-order chi connectivity index (χ1) is 7.75. The summed E-state index contributed by atoms with van der Waals surface area (Å²) in [5.41, 5.74) is 2.60. The van der Waals surface area contributed by atoms with Crippen molar-refractivity contribution in [2.75, 3.05) is 32.0 Å². The van der Waals surface area contributed by atoms with E-state index < -0.39 is 0 Å². The van der Waals surface area contributed by atoms with Gasteiger partial charge in [-0.3, -0.25) is 0 Å². The summed E-state index contributed by atoms with van der Waals surface area (Å²) in [6.45, 7) is 3.46. The summed E-state index contributed by atoms with van der Waals surface area (Å²) in [6.07, 6.45) is 1.26. The van der Waals surface area contributed by atoms with Crippen molar-refractivity contribution in [3.05, 3.63) is 28.8 Å². The predicted molar refractivity (Wildman–Crippen MR) is 68.3 cm³/mol. The number of hydrogen-bond acceptors (Lipinski definition) is 2. The highest BCUT2D eigenvalue weighted by Gasteiger charge is 2.33. The number of nitrogens with one attached hydrogen (secondary N) is 1. The molecule has 1 fully saturated rings. The van der Waals surface area contributed by atoms with Crippen LogP contribution < -0.4 is 5.32 Å². The second-order valence-corrected chi connectivity index (χ2v) is 5.41. The van der Waals surface area contributed by atoms with Crippen LogP contribution in [0.25, 0.3) is 0 Å². The van der Waals surface area contributed by atoms with Crippen LogP contribution in [0.1, 0.15) is 17.9 Å². The van der Waals surface area contributed by atoms with E-state index in [-0.39, 0.29) is 0 Å². The van der Waals surface area contributed by atoms with Crippen molar-refractivity contribution in [1.82, 2.24) is 4.90 Å². The van der Waals surface area contributed by atoms with Gasteiger partial charge in [0.05, 0.1) is 10.7 Å². The van der Waals surface area contributed by atoms with Gasteiger partial charge in [0.25, 0.3) is 0 Å². The maximum atomic E-state index is 6.23. The van der Waals surface area contributed by atoms with Crippen LogP contribution in [0.3, 0.4) is 0 Å². The summed E-state index contributed by atoms with van der Waals surface area (Å²) >= 11 is 6.23. The normalized spacial score (nSPS) is 29.1. The van der Waals surface area contributed by atoms with Crippen molar-refractivity contribution < 1.29 is 0 Å². The van der Waals surface area contributed by atoms with Crippen LogP contribution in [0.2, 0.25) is 5.02 Å². The van der Waals surface area contributed by atoms with E-state index in [1.165, 1.54) is 30.8 Å². The van der Waals surface area contributed by atoms with E-state index in [1.54, 1.807) is 0 Å². The maximum Gasteiger partial charge on any atom is 0.0640 e. The topological polar surface area (TPSA) is 15.3 Å². The number of anilines is 1. The fraction of sp³-hybridized carbons (Fsp3) is 0.538. The average Bonchev–Trinajstić information content (AvgIpc) is 2.28. The van der Waals surface area contributed by atoms with Crippen molar-refractivity contribution in [3.63, 3.8) is 0 Å². The number of rotatable bonds is 0. The number of para-hydroxylation sites is 1. The van der Waals surface area contributed by atoms with Gasteiger partial charge >= 0.3 is 0 Å². The van der Waals surface area contributed by atoms with E-state index in [2.05, 4.69) is 29.4 Å². The summed E-state index contributed by atoms with van der Waals surface area (Å²) in [7, 11) is 2.21. The van der Waals surface area contributed by atoms with Gasteiger partial charge in [-0.1, -0.05) is 23.7 Å². The molecule has 0 radical (unpaired) electrons. The van der Waals surface area contributed by atoms with Gasteiger partial charge < -0.3 is 10.2 Å². The second-order valence-electron chi connectivity index (χ2n) is 5.00. The van der Waals surface area contributed by atoms with Crippen LogP contribution in [0.15, 0.2) is 18.2 Å². The smallest absolute Gasteiger partial charge is 0.0640 e. The number of benzene rings is 1.